The second-order valence-electron chi connectivity index (χ2n) is 11.0. The van der Waals surface area contributed by atoms with Crippen molar-refractivity contribution in [1.29, 1.82) is 0 Å². The number of carbonyl (C=O) groups excluding carboxylic acids is 2. The van der Waals surface area contributed by atoms with Gasteiger partial charge in [-0.2, -0.15) is 0 Å². The van der Waals surface area contributed by atoms with Crippen molar-refractivity contribution in [1.82, 2.24) is 14.9 Å². The highest BCUT2D eigenvalue weighted by atomic mass is 31.0. The smallest absolute Gasteiger partial charge is 0.274 e. The summed E-state index contributed by atoms with van der Waals surface area (Å²) in [4.78, 5) is 35.3. The zero-order chi connectivity index (χ0) is 28.6. The van der Waals surface area contributed by atoms with Gasteiger partial charge < -0.3 is 15.3 Å². The number of aliphatic hydroxyl groups excluding tert-OH is 1. The molecule has 2 amide bonds. The van der Waals surface area contributed by atoms with Gasteiger partial charge in [0.1, 0.15) is 23.0 Å². The van der Waals surface area contributed by atoms with Crippen molar-refractivity contribution < 1.29 is 23.5 Å². The van der Waals surface area contributed by atoms with Gasteiger partial charge in [-0.1, -0.05) is 13.8 Å². The number of aliphatic hydroxyl groups is 1. The van der Waals surface area contributed by atoms with Gasteiger partial charge in [0.25, 0.3) is 5.91 Å². The number of halogens is 2. The average molecular weight is 567 g/mol. The first-order valence-corrected chi connectivity index (χ1v) is 14.2. The number of hydrogen-bond donors (Lipinski definition) is 2. The molecule has 210 valence electrons. The Morgan fingerprint density at radius 1 is 1.18 bits per heavy atom. The molecule has 7 nitrogen and oxygen atoms in total. The summed E-state index contributed by atoms with van der Waals surface area (Å²) in [6.07, 6.45) is 5.47. The number of rotatable bonds is 6. The molecule has 1 saturated carbocycles. The molecular weight excluding hydrogens is 533 g/mol. The molecule has 40 heavy (non-hydrogen) atoms. The van der Waals surface area contributed by atoms with Crippen molar-refractivity contribution in [3.63, 3.8) is 0 Å². The lowest BCUT2D eigenvalue weighted by Gasteiger charge is -2.37. The lowest BCUT2D eigenvalue weighted by molar-refractivity contribution is -0.128. The van der Waals surface area contributed by atoms with E-state index in [1.54, 1.807) is 23.4 Å². The van der Waals surface area contributed by atoms with Gasteiger partial charge in [0, 0.05) is 31.3 Å². The number of likely N-dealkylation sites (tertiary alicyclic amines) is 1. The molecule has 3 heterocycles. The molecule has 2 aliphatic rings. The monoisotopic (exact) mass is 566 g/mol. The van der Waals surface area contributed by atoms with Crippen LogP contribution in [-0.4, -0.2) is 44.4 Å². The first kappa shape index (κ1) is 28.2. The molecule has 1 aromatic carbocycles. The van der Waals surface area contributed by atoms with E-state index in [9.17, 15) is 19.1 Å². The molecule has 5 rings (SSSR count). The minimum atomic E-state index is -0.761. The Labute approximate surface area is 234 Å². The lowest BCUT2D eigenvalue weighted by Crippen LogP contribution is -2.32. The van der Waals surface area contributed by atoms with E-state index in [4.69, 9.17) is 0 Å². The van der Waals surface area contributed by atoms with E-state index in [-0.39, 0.29) is 41.2 Å². The first-order valence-electron chi connectivity index (χ1n) is 13.6. The number of carbonyl (C=O) groups is 2. The summed E-state index contributed by atoms with van der Waals surface area (Å²) in [5.41, 5.74) is 1.55. The van der Waals surface area contributed by atoms with E-state index in [1.807, 2.05) is 13.0 Å². The van der Waals surface area contributed by atoms with Crippen LogP contribution in [0.3, 0.4) is 0 Å². The quantitative estimate of drug-likeness (QED) is 0.418. The highest BCUT2D eigenvalue weighted by molar-refractivity contribution is 7.28. The minimum absolute atomic E-state index is 0.0294. The zero-order valence-electron chi connectivity index (χ0n) is 22.5. The summed E-state index contributed by atoms with van der Waals surface area (Å²) in [7, 11) is 2.40. The van der Waals surface area contributed by atoms with Crippen molar-refractivity contribution in [2.75, 3.05) is 11.9 Å². The van der Waals surface area contributed by atoms with Gasteiger partial charge in [0.05, 0.1) is 18.0 Å². The third-order valence-electron chi connectivity index (χ3n) is 8.27. The molecule has 2 fully saturated rings. The minimum Gasteiger partial charge on any atom is -0.393 e. The van der Waals surface area contributed by atoms with Crippen LogP contribution in [0.25, 0.3) is 11.3 Å². The number of hydrogen-bond acceptors (Lipinski definition) is 5. The molecule has 2 aromatic heterocycles. The van der Waals surface area contributed by atoms with Crippen molar-refractivity contribution in [3.8, 4) is 11.3 Å². The van der Waals surface area contributed by atoms with Crippen LogP contribution in [0.4, 0.5) is 14.5 Å². The second-order valence-corrected chi connectivity index (χ2v) is 11.6. The van der Waals surface area contributed by atoms with E-state index in [0.29, 0.717) is 41.9 Å². The molecule has 1 unspecified atom stereocenters. The Balaban J connectivity index is 1.39. The van der Waals surface area contributed by atoms with Crippen LogP contribution in [-0.2, 0) is 11.3 Å². The van der Waals surface area contributed by atoms with Crippen molar-refractivity contribution in [2.24, 2.45) is 11.8 Å². The Hall–Kier alpha value is -3.29. The molecule has 2 N–H and O–H groups in total. The van der Waals surface area contributed by atoms with E-state index < -0.39 is 23.6 Å². The van der Waals surface area contributed by atoms with Crippen LogP contribution < -0.4 is 10.6 Å². The van der Waals surface area contributed by atoms with Gasteiger partial charge in [-0.05, 0) is 83.8 Å². The number of amides is 2. The maximum Gasteiger partial charge on any atom is 0.274 e. The Bertz CT molecular complexity index is 1420. The normalized spacial score (nSPS) is 22.9. The number of nitrogens with zero attached hydrogens (tertiary/aromatic N) is 3. The lowest BCUT2D eigenvalue weighted by atomic mass is 9.71. The van der Waals surface area contributed by atoms with Crippen molar-refractivity contribution >= 4 is 32.0 Å². The number of benzene rings is 1. The Kier molecular flexibility index (Phi) is 8.24. The molecule has 5 atom stereocenters. The predicted octanol–water partition coefficient (Wildman–Crippen LogP) is 4.81. The number of nitrogens with one attached hydrogen (secondary N) is 1. The fourth-order valence-corrected chi connectivity index (χ4v) is 6.30. The van der Waals surface area contributed by atoms with Crippen LogP contribution in [0.15, 0.2) is 42.7 Å². The second kappa shape index (κ2) is 11.7. The summed E-state index contributed by atoms with van der Waals surface area (Å²) in [5, 5.41) is 13.8. The molecule has 0 bridgehead atoms. The standard InChI is InChI=1S/C30H33F2N4O3P/c1-16-10-19(13-25(37)17(16)2)20-7-8-33-14-24(20)35-30(39)23-6-5-21(31)29(34-23)28-22(32)11-18(12-26(28)40)15-36-9-3-4-27(36)38/h5-8,11-12,14,16-17,19,25,37H,3-4,9-10,13,15,40H2,1-2H3,(H,35,39)/t16-,17-,19+,25+/m0/s1. The highest BCUT2D eigenvalue weighted by Crippen LogP contribution is 2.41. The molecule has 0 radical (unpaired) electrons. The van der Waals surface area contributed by atoms with Crippen LogP contribution in [0.5, 0.6) is 0 Å². The van der Waals surface area contributed by atoms with E-state index in [0.717, 1.165) is 24.5 Å². The van der Waals surface area contributed by atoms with Gasteiger partial charge in [0.15, 0.2) is 0 Å². The van der Waals surface area contributed by atoms with Crippen LogP contribution >= 0.6 is 9.24 Å². The SMILES string of the molecule is C[C@@H]1[C@H](O)C[C@H](c2ccncc2NC(=O)c2ccc(F)c(-c3c(F)cc(CN4CCCC4=O)cc3P)n2)C[C@@H]1C. The fraction of sp³-hybridized carbons (Fsp3) is 0.400. The largest absolute Gasteiger partial charge is 0.393 e. The summed E-state index contributed by atoms with van der Waals surface area (Å²) in [5.74, 6) is -1.46. The predicted molar refractivity (Wildman–Crippen MR) is 152 cm³/mol. The number of aromatic nitrogens is 2. The van der Waals surface area contributed by atoms with Crippen LogP contribution in [0, 0.1) is 23.5 Å². The third kappa shape index (κ3) is 5.77. The molecule has 0 spiro atoms. The molecular formula is C30H33F2N4O3P. The fourth-order valence-electron chi connectivity index (χ4n) is 5.81. The maximum atomic E-state index is 15.3. The van der Waals surface area contributed by atoms with E-state index in [1.165, 1.54) is 12.1 Å². The van der Waals surface area contributed by atoms with E-state index in [2.05, 4.69) is 31.4 Å². The molecule has 1 aliphatic carbocycles. The Morgan fingerprint density at radius 2 is 1.98 bits per heavy atom. The molecule has 3 aromatic rings. The topological polar surface area (TPSA) is 95.4 Å². The van der Waals surface area contributed by atoms with Gasteiger partial charge >= 0.3 is 0 Å². The van der Waals surface area contributed by atoms with Gasteiger partial charge in [-0.25, -0.2) is 13.8 Å². The number of pyridine rings is 2. The zero-order valence-corrected chi connectivity index (χ0v) is 23.7. The average Bonchev–Trinajstić information content (AvgIpc) is 3.31. The van der Waals surface area contributed by atoms with Gasteiger partial charge in [-0.3, -0.25) is 14.6 Å². The van der Waals surface area contributed by atoms with Gasteiger partial charge in [-0.15, -0.1) is 9.24 Å². The summed E-state index contributed by atoms with van der Waals surface area (Å²) in [6.45, 7) is 5.06. The third-order valence-corrected chi connectivity index (χ3v) is 8.73. The molecule has 10 heteroatoms. The Morgan fingerprint density at radius 3 is 2.67 bits per heavy atom. The molecule has 1 aliphatic heterocycles. The van der Waals surface area contributed by atoms with Crippen molar-refractivity contribution in [2.45, 2.75) is 58.1 Å². The summed E-state index contributed by atoms with van der Waals surface area (Å²) < 4.78 is 30.3. The number of anilines is 1. The van der Waals surface area contributed by atoms with Crippen molar-refractivity contribution in [3.05, 3.63) is 71.2 Å². The summed E-state index contributed by atoms with van der Waals surface area (Å²) >= 11 is 0. The van der Waals surface area contributed by atoms with E-state index >= 15 is 4.39 Å². The highest BCUT2D eigenvalue weighted by Gasteiger charge is 2.33. The van der Waals surface area contributed by atoms with Crippen LogP contribution in [0.1, 0.15) is 67.1 Å². The summed E-state index contributed by atoms with van der Waals surface area (Å²) in [6, 6.07) is 7.16. The van der Waals surface area contributed by atoms with Gasteiger partial charge in [0.2, 0.25) is 5.91 Å². The maximum absolute atomic E-state index is 15.3. The molecule has 1 saturated heterocycles. The van der Waals surface area contributed by atoms with Crippen LogP contribution in [0.2, 0.25) is 0 Å². The first-order chi connectivity index (χ1) is 19.1.